The van der Waals surface area contributed by atoms with Crippen molar-refractivity contribution < 1.29 is 4.79 Å². The summed E-state index contributed by atoms with van der Waals surface area (Å²) < 4.78 is 1.87. The van der Waals surface area contributed by atoms with Crippen LogP contribution in [0.25, 0.3) is 15.9 Å². The maximum atomic E-state index is 12.7. The molecule has 0 aliphatic carbocycles. The second kappa shape index (κ2) is 7.02. The molecule has 1 aliphatic rings. The van der Waals surface area contributed by atoms with E-state index in [-0.39, 0.29) is 11.9 Å². The van der Waals surface area contributed by atoms with Crippen LogP contribution in [0.5, 0.6) is 0 Å². The lowest BCUT2D eigenvalue weighted by Gasteiger charge is -2.28. The van der Waals surface area contributed by atoms with Crippen molar-refractivity contribution in [3.63, 3.8) is 0 Å². The number of amides is 1. The molecule has 0 spiro atoms. The van der Waals surface area contributed by atoms with E-state index >= 15 is 0 Å². The fourth-order valence-electron chi connectivity index (χ4n) is 3.46. The Morgan fingerprint density at radius 2 is 2.27 bits per heavy atom. The van der Waals surface area contributed by atoms with E-state index < -0.39 is 0 Å². The zero-order chi connectivity index (χ0) is 18.3. The van der Waals surface area contributed by atoms with Crippen LogP contribution in [0, 0.1) is 6.92 Å². The number of benzene rings is 1. The van der Waals surface area contributed by atoms with Gasteiger partial charge in [-0.05, 0) is 57.5 Å². The second-order valence-electron chi connectivity index (χ2n) is 6.86. The van der Waals surface area contributed by atoms with Gasteiger partial charge in [0, 0.05) is 22.5 Å². The molecule has 1 amide bonds. The molecule has 0 saturated carbocycles. The van der Waals surface area contributed by atoms with Crippen molar-refractivity contribution in [3.8, 4) is 5.69 Å². The van der Waals surface area contributed by atoms with Crippen molar-refractivity contribution in [1.29, 1.82) is 0 Å². The van der Waals surface area contributed by atoms with E-state index in [0.29, 0.717) is 11.1 Å². The SMILES string of the molecule is Cc1nn(-c2cccc(Cl)c2)c2sc(C(=O)NC3CCNC(C)C3)cc12. The Balaban J connectivity index is 1.63. The smallest absolute Gasteiger partial charge is 0.261 e. The molecule has 5 nitrogen and oxygen atoms in total. The molecule has 4 rings (SSSR count). The standard InChI is InChI=1S/C19H21ClN4OS/c1-11-8-14(6-7-21-11)22-18(25)17-10-16-12(2)23-24(19(16)26-17)15-5-3-4-13(20)9-15/h3-5,9-11,14,21H,6-8H2,1-2H3,(H,22,25). The summed E-state index contributed by atoms with van der Waals surface area (Å²) in [6.07, 6.45) is 1.93. The summed E-state index contributed by atoms with van der Waals surface area (Å²) in [4.78, 5) is 14.4. The first-order valence-electron chi connectivity index (χ1n) is 8.80. The molecule has 1 aromatic carbocycles. The van der Waals surface area contributed by atoms with Crippen molar-refractivity contribution in [1.82, 2.24) is 20.4 Å². The van der Waals surface area contributed by atoms with E-state index in [9.17, 15) is 4.79 Å². The first kappa shape index (κ1) is 17.5. The molecular weight excluding hydrogens is 368 g/mol. The quantitative estimate of drug-likeness (QED) is 0.715. The third-order valence-electron chi connectivity index (χ3n) is 4.78. The van der Waals surface area contributed by atoms with Gasteiger partial charge in [-0.1, -0.05) is 17.7 Å². The highest BCUT2D eigenvalue weighted by molar-refractivity contribution is 7.20. The first-order valence-corrected chi connectivity index (χ1v) is 10.00. The Kier molecular flexibility index (Phi) is 4.73. The molecule has 2 unspecified atom stereocenters. The number of hydrogen-bond acceptors (Lipinski definition) is 4. The van der Waals surface area contributed by atoms with Crippen LogP contribution in [0.3, 0.4) is 0 Å². The number of nitrogens with one attached hydrogen (secondary N) is 2. The van der Waals surface area contributed by atoms with Gasteiger partial charge in [-0.2, -0.15) is 5.10 Å². The van der Waals surface area contributed by atoms with Crippen molar-refractivity contribution in [2.75, 3.05) is 6.54 Å². The van der Waals surface area contributed by atoms with E-state index in [1.807, 2.05) is 41.9 Å². The molecule has 0 bridgehead atoms. The molecule has 1 fully saturated rings. The highest BCUT2D eigenvalue weighted by Gasteiger charge is 2.22. The van der Waals surface area contributed by atoms with Gasteiger partial charge in [-0.3, -0.25) is 4.79 Å². The number of hydrogen-bond donors (Lipinski definition) is 2. The average molecular weight is 389 g/mol. The Morgan fingerprint density at radius 3 is 3.04 bits per heavy atom. The predicted molar refractivity (Wildman–Crippen MR) is 107 cm³/mol. The summed E-state index contributed by atoms with van der Waals surface area (Å²) in [7, 11) is 0. The van der Waals surface area contributed by atoms with Crippen LogP contribution in [-0.4, -0.2) is 34.3 Å². The number of piperidine rings is 1. The van der Waals surface area contributed by atoms with Gasteiger partial charge in [0.1, 0.15) is 4.83 Å². The van der Waals surface area contributed by atoms with E-state index in [2.05, 4.69) is 22.7 Å². The maximum absolute atomic E-state index is 12.7. The summed E-state index contributed by atoms with van der Waals surface area (Å²) in [6, 6.07) is 10.2. The number of halogens is 1. The lowest BCUT2D eigenvalue weighted by atomic mass is 10.0. The first-order chi connectivity index (χ1) is 12.5. The largest absolute Gasteiger partial charge is 0.349 e. The molecule has 2 aromatic heterocycles. The van der Waals surface area contributed by atoms with Crippen LogP contribution < -0.4 is 10.6 Å². The highest BCUT2D eigenvalue weighted by atomic mass is 35.5. The van der Waals surface area contributed by atoms with Gasteiger partial charge in [0.25, 0.3) is 5.91 Å². The van der Waals surface area contributed by atoms with E-state index in [1.165, 1.54) is 11.3 Å². The predicted octanol–water partition coefficient (Wildman–Crippen LogP) is 3.92. The van der Waals surface area contributed by atoms with Crippen molar-refractivity contribution in [3.05, 3.63) is 45.9 Å². The van der Waals surface area contributed by atoms with Gasteiger partial charge in [0.15, 0.2) is 0 Å². The molecule has 136 valence electrons. The Labute approximate surface area is 161 Å². The zero-order valence-corrected chi connectivity index (χ0v) is 16.3. The highest BCUT2D eigenvalue weighted by Crippen LogP contribution is 2.31. The number of rotatable bonds is 3. The molecule has 3 aromatic rings. The van der Waals surface area contributed by atoms with Gasteiger partial charge in [0.05, 0.1) is 16.3 Å². The zero-order valence-electron chi connectivity index (χ0n) is 14.8. The van der Waals surface area contributed by atoms with Crippen LogP contribution in [0.4, 0.5) is 0 Å². The van der Waals surface area contributed by atoms with Crippen LogP contribution in [0.2, 0.25) is 5.02 Å². The fraction of sp³-hybridized carbons (Fsp3) is 0.368. The molecule has 2 atom stereocenters. The normalized spacial score (nSPS) is 20.4. The summed E-state index contributed by atoms with van der Waals surface area (Å²) >= 11 is 7.59. The minimum Gasteiger partial charge on any atom is -0.349 e. The molecule has 0 radical (unpaired) electrons. The lowest BCUT2D eigenvalue weighted by molar-refractivity contribution is 0.0930. The fourth-order valence-corrected chi connectivity index (χ4v) is 4.73. The number of nitrogens with zero attached hydrogens (tertiary/aromatic N) is 2. The number of thiophene rings is 1. The summed E-state index contributed by atoms with van der Waals surface area (Å²) in [5.41, 5.74) is 1.81. The molecule has 3 heterocycles. The van der Waals surface area contributed by atoms with E-state index in [1.54, 1.807) is 0 Å². The number of carbonyl (C=O) groups excluding carboxylic acids is 1. The minimum absolute atomic E-state index is 0.00217. The monoisotopic (exact) mass is 388 g/mol. The summed E-state index contributed by atoms with van der Waals surface area (Å²) in [5.74, 6) is 0.00217. The van der Waals surface area contributed by atoms with Crippen LogP contribution in [0.15, 0.2) is 30.3 Å². The molecule has 7 heteroatoms. The molecule has 1 saturated heterocycles. The van der Waals surface area contributed by atoms with E-state index in [4.69, 9.17) is 11.6 Å². The summed E-state index contributed by atoms with van der Waals surface area (Å²) in [5, 5.41) is 12.9. The van der Waals surface area contributed by atoms with Crippen molar-refractivity contribution >= 4 is 39.1 Å². The molecular formula is C19H21ClN4OS. The van der Waals surface area contributed by atoms with Gasteiger partial charge < -0.3 is 10.6 Å². The van der Waals surface area contributed by atoms with Crippen molar-refractivity contribution in [2.24, 2.45) is 0 Å². The lowest BCUT2D eigenvalue weighted by Crippen LogP contribution is -2.46. The van der Waals surface area contributed by atoms with Crippen LogP contribution >= 0.6 is 22.9 Å². The third-order valence-corrected chi connectivity index (χ3v) is 6.12. The summed E-state index contributed by atoms with van der Waals surface area (Å²) in [6.45, 7) is 5.06. The number of fused-ring (bicyclic) bond motifs is 1. The van der Waals surface area contributed by atoms with Crippen LogP contribution in [0.1, 0.15) is 35.1 Å². The molecule has 2 N–H and O–H groups in total. The van der Waals surface area contributed by atoms with Gasteiger partial charge in [-0.15, -0.1) is 11.3 Å². The Hall–Kier alpha value is -1.89. The van der Waals surface area contributed by atoms with E-state index in [0.717, 1.165) is 45.9 Å². The third kappa shape index (κ3) is 3.37. The second-order valence-corrected chi connectivity index (χ2v) is 8.32. The number of aromatic nitrogens is 2. The maximum Gasteiger partial charge on any atom is 0.261 e. The van der Waals surface area contributed by atoms with Gasteiger partial charge in [0.2, 0.25) is 0 Å². The average Bonchev–Trinajstić information content (AvgIpc) is 3.16. The Bertz CT molecular complexity index is 964. The minimum atomic E-state index is 0.00217. The topological polar surface area (TPSA) is 59.0 Å². The Morgan fingerprint density at radius 1 is 1.42 bits per heavy atom. The molecule has 1 aliphatic heterocycles. The molecule has 26 heavy (non-hydrogen) atoms. The van der Waals surface area contributed by atoms with Gasteiger partial charge in [-0.25, -0.2) is 4.68 Å². The van der Waals surface area contributed by atoms with Gasteiger partial charge >= 0.3 is 0 Å². The van der Waals surface area contributed by atoms with Crippen LogP contribution in [-0.2, 0) is 0 Å². The number of aryl methyl sites for hydroxylation is 1. The van der Waals surface area contributed by atoms with Crippen molar-refractivity contribution in [2.45, 2.75) is 38.8 Å². The number of carbonyl (C=O) groups is 1.